The Morgan fingerprint density at radius 1 is 1.04 bits per heavy atom. The van der Waals surface area contributed by atoms with Gasteiger partial charge in [-0.05, 0) is 46.9 Å². The summed E-state index contributed by atoms with van der Waals surface area (Å²) in [5, 5.41) is 0. The molecule has 1 fully saturated rings. The number of carbonyl (C=O) groups excluding carboxylic acids is 1. The highest BCUT2D eigenvalue weighted by atomic mass is 127. The summed E-state index contributed by atoms with van der Waals surface area (Å²) < 4.78 is 14.8. The van der Waals surface area contributed by atoms with Crippen molar-refractivity contribution in [2.45, 2.75) is 6.54 Å². The van der Waals surface area contributed by atoms with Crippen molar-refractivity contribution in [3.8, 4) is 0 Å². The van der Waals surface area contributed by atoms with E-state index < -0.39 is 0 Å². The summed E-state index contributed by atoms with van der Waals surface area (Å²) in [6, 6.07) is 14.5. The van der Waals surface area contributed by atoms with Gasteiger partial charge in [-0.15, -0.1) is 0 Å². The van der Waals surface area contributed by atoms with Gasteiger partial charge in [0.25, 0.3) is 5.91 Å². The second-order valence-electron chi connectivity index (χ2n) is 5.67. The van der Waals surface area contributed by atoms with Crippen LogP contribution in [0, 0.1) is 9.39 Å². The first-order valence-electron chi connectivity index (χ1n) is 7.64. The second kappa shape index (κ2) is 7.40. The van der Waals surface area contributed by atoms with E-state index in [9.17, 15) is 9.18 Å². The molecule has 0 atom stereocenters. The quantitative estimate of drug-likeness (QED) is 0.706. The van der Waals surface area contributed by atoms with Crippen LogP contribution in [0.15, 0.2) is 48.5 Å². The second-order valence-corrected chi connectivity index (χ2v) is 6.92. The fraction of sp³-hybridized carbons (Fsp3) is 0.278. The minimum Gasteiger partial charge on any atom is -0.336 e. The van der Waals surface area contributed by atoms with Crippen LogP contribution in [0.25, 0.3) is 0 Å². The third kappa shape index (κ3) is 4.09. The highest BCUT2D eigenvalue weighted by Crippen LogP contribution is 2.15. The van der Waals surface area contributed by atoms with Gasteiger partial charge in [-0.25, -0.2) is 4.39 Å². The SMILES string of the molecule is O=C(c1cccc(I)c1)N1CCN(Cc2ccccc2F)CC1. The van der Waals surface area contributed by atoms with Gasteiger partial charge in [0.1, 0.15) is 5.82 Å². The van der Waals surface area contributed by atoms with E-state index in [0.29, 0.717) is 25.2 Å². The zero-order chi connectivity index (χ0) is 16.2. The van der Waals surface area contributed by atoms with Gasteiger partial charge >= 0.3 is 0 Å². The number of benzene rings is 2. The maximum Gasteiger partial charge on any atom is 0.253 e. The van der Waals surface area contributed by atoms with Crippen molar-refractivity contribution in [1.82, 2.24) is 9.80 Å². The van der Waals surface area contributed by atoms with E-state index in [1.807, 2.05) is 41.3 Å². The molecule has 0 bridgehead atoms. The Balaban J connectivity index is 1.58. The molecule has 0 saturated carbocycles. The molecule has 0 unspecified atom stereocenters. The predicted molar refractivity (Wildman–Crippen MR) is 96.7 cm³/mol. The van der Waals surface area contributed by atoms with Crippen LogP contribution >= 0.6 is 22.6 Å². The number of rotatable bonds is 3. The first-order chi connectivity index (χ1) is 11.1. The molecule has 120 valence electrons. The molecule has 3 nitrogen and oxygen atoms in total. The van der Waals surface area contributed by atoms with E-state index in [-0.39, 0.29) is 11.7 Å². The fourth-order valence-electron chi connectivity index (χ4n) is 2.78. The van der Waals surface area contributed by atoms with Crippen LogP contribution in [-0.2, 0) is 6.54 Å². The third-order valence-corrected chi connectivity index (χ3v) is 4.75. The molecule has 0 radical (unpaired) electrons. The zero-order valence-electron chi connectivity index (χ0n) is 12.7. The maximum atomic E-state index is 13.7. The molecule has 5 heteroatoms. The Hall–Kier alpha value is -1.47. The maximum absolute atomic E-state index is 13.7. The molecule has 1 aliphatic rings. The summed E-state index contributed by atoms with van der Waals surface area (Å²) in [5.74, 6) is -0.0843. The van der Waals surface area contributed by atoms with Crippen molar-refractivity contribution >= 4 is 28.5 Å². The molecule has 1 saturated heterocycles. The van der Waals surface area contributed by atoms with Gasteiger partial charge in [0.15, 0.2) is 0 Å². The molecule has 2 aromatic rings. The molecule has 0 aliphatic carbocycles. The molecular weight excluding hydrogens is 406 g/mol. The molecule has 1 amide bonds. The topological polar surface area (TPSA) is 23.6 Å². The number of hydrogen-bond donors (Lipinski definition) is 0. The standard InChI is InChI=1S/C18H18FIN2O/c19-17-7-2-1-4-15(17)13-21-8-10-22(11-9-21)18(23)14-5-3-6-16(20)12-14/h1-7,12H,8-11,13H2. The molecule has 3 rings (SSSR count). The normalized spacial score (nSPS) is 15.7. The minimum atomic E-state index is -0.162. The summed E-state index contributed by atoms with van der Waals surface area (Å²) in [7, 11) is 0. The molecular formula is C18H18FIN2O. The molecule has 1 aliphatic heterocycles. The molecule has 0 aromatic heterocycles. The number of carbonyl (C=O) groups is 1. The Kier molecular flexibility index (Phi) is 5.27. The highest BCUT2D eigenvalue weighted by molar-refractivity contribution is 14.1. The van der Waals surface area contributed by atoms with Crippen molar-refractivity contribution in [2.75, 3.05) is 26.2 Å². The highest BCUT2D eigenvalue weighted by Gasteiger charge is 2.22. The first kappa shape index (κ1) is 16.4. The van der Waals surface area contributed by atoms with Crippen LogP contribution in [0.1, 0.15) is 15.9 Å². The summed E-state index contributed by atoms with van der Waals surface area (Å²) in [6.07, 6.45) is 0. The van der Waals surface area contributed by atoms with Crippen molar-refractivity contribution in [3.05, 3.63) is 69.0 Å². The Labute approximate surface area is 149 Å². The Morgan fingerprint density at radius 3 is 2.48 bits per heavy atom. The first-order valence-corrected chi connectivity index (χ1v) is 8.72. The van der Waals surface area contributed by atoms with Crippen LogP contribution in [0.5, 0.6) is 0 Å². The summed E-state index contributed by atoms with van der Waals surface area (Å²) in [6.45, 7) is 3.49. The lowest BCUT2D eigenvalue weighted by molar-refractivity contribution is 0.0627. The van der Waals surface area contributed by atoms with Crippen molar-refractivity contribution in [3.63, 3.8) is 0 Å². The molecule has 23 heavy (non-hydrogen) atoms. The number of nitrogens with zero attached hydrogens (tertiary/aromatic N) is 2. The Morgan fingerprint density at radius 2 is 1.78 bits per heavy atom. The number of hydrogen-bond acceptors (Lipinski definition) is 2. The van der Waals surface area contributed by atoms with Gasteiger partial charge in [0, 0.05) is 47.4 Å². The third-order valence-electron chi connectivity index (χ3n) is 4.08. The van der Waals surface area contributed by atoms with Crippen molar-refractivity contribution in [1.29, 1.82) is 0 Å². The molecule has 0 N–H and O–H groups in total. The number of piperazine rings is 1. The number of amides is 1. The molecule has 1 heterocycles. The van der Waals surface area contributed by atoms with Crippen molar-refractivity contribution < 1.29 is 9.18 Å². The van der Waals surface area contributed by atoms with Crippen LogP contribution in [0.2, 0.25) is 0 Å². The lowest BCUT2D eigenvalue weighted by atomic mass is 10.1. The smallest absolute Gasteiger partial charge is 0.253 e. The van der Waals surface area contributed by atoms with Crippen LogP contribution in [0.4, 0.5) is 4.39 Å². The number of halogens is 2. The van der Waals surface area contributed by atoms with E-state index >= 15 is 0 Å². The molecule has 0 spiro atoms. The van der Waals surface area contributed by atoms with Gasteiger partial charge in [-0.3, -0.25) is 9.69 Å². The van der Waals surface area contributed by atoms with Crippen LogP contribution in [0.3, 0.4) is 0 Å². The summed E-state index contributed by atoms with van der Waals surface area (Å²) in [4.78, 5) is 16.6. The Bertz CT molecular complexity index is 699. The van der Waals surface area contributed by atoms with Gasteiger partial charge in [-0.1, -0.05) is 24.3 Å². The van der Waals surface area contributed by atoms with Gasteiger partial charge < -0.3 is 4.90 Å². The lowest BCUT2D eigenvalue weighted by Crippen LogP contribution is -2.48. The van der Waals surface area contributed by atoms with E-state index in [4.69, 9.17) is 0 Å². The predicted octanol–water partition coefficient (Wildman–Crippen LogP) is 3.39. The summed E-state index contributed by atoms with van der Waals surface area (Å²) >= 11 is 2.21. The summed E-state index contributed by atoms with van der Waals surface area (Å²) in [5.41, 5.74) is 1.45. The minimum absolute atomic E-state index is 0.0778. The fourth-order valence-corrected chi connectivity index (χ4v) is 3.32. The van der Waals surface area contributed by atoms with Crippen molar-refractivity contribution in [2.24, 2.45) is 0 Å². The van der Waals surface area contributed by atoms with Crippen LogP contribution in [-0.4, -0.2) is 41.9 Å². The lowest BCUT2D eigenvalue weighted by Gasteiger charge is -2.34. The van der Waals surface area contributed by atoms with E-state index in [0.717, 1.165) is 22.2 Å². The van der Waals surface area contributed by atoms with Crippen LogP contribution < -0.4 is 0 Å². The van der Waals surface area contributed by atoms with E-state index in [2.05, 4.69) is 27.5 Å². The molecule has 2 aromatic carbocycles. The van der Waals surface area contributed by atoms with Gasteiger partial charge in [0.05, 0.1) is 0 Å². The average molecular weight is 424 g/mol. The van der Waals surface area contributed by atoms with E-state index in [1.54, 1.807) is 6.07 Å². The van der Waals surface area contributed by atoms with E-state index in [1.165, 1.54) is 6.07 Å². The average Bonchev–Trinajstić information content (AvgIpc) is 2.57. The zero-order valence-corrected chi connectivity index (χ0v) is 14.9. The largest absolute Gasteiger partial charge is 0.336 e. The van der Waals surface area contributed by atoms with Gasteiger partial charge in [-0.2, -0.15) is 0 Å². The monoisotopic (exact) mass is 424 g/mol. The van der Waals surface area contributed by atoms with Gasteiger partial charge in [0.2, 0.25) is 0 Å².